The number of nitrogens with one attached hydrogen (secondary N) is 1. The summed E-state index contributed by atoms with van der Waals surface area (Å²) in [6.45, 7) is 0. The molecule has 0 spiro atoms. The number of amidine groups is 2. The standard InChI is InChI=1S/C33H23N3O/c1-4-12-22(13-5-1)25-18-10-19-26-29-27(20-11-21-28(29)37-30(25)26)33-35-31(23-14-6-2-7-15-23)34-32(36-33)24-16-8-3-9-17-24/h1-21,31H,(H,34,35,36). The number of hydrogen-bond donors (Lipinski definition) is 1. The first-order valence-corrected chi connectivity index (χ1v) is 12.4. The lowest BCUT2D eigenvalue weighted by Gasteiger charge is -2.22. The highest BCUT2D eigenvalue weighted by molar-refractivity contribution is 6.24. The summed E-state index contributed by atoms with van der Waals surface area (Å²) in [5.74, 6) is 1.58. The molecule has 176 valence electrons. The third kappa shape index (κ3) is 3.80. The van der Waals surface area contributed by atoms with E-state index in [-0.39, 0.29) is 6.17 Å². The van der Waals surface area contributed by atoms with Gasteiger partial charge in [0.2, 0.25) is 0 Å². The predicted molar refractivity (Wildman–Crippen MR) is 151 cm³/mol. The van der Waals surface area contributed by atoms with E-state index < -0.39 is 0 Å². The molecule has 0 aliphatic carbocycles. The van der Waals surface area contributed by atoms with Gasteiger partial charge in [-0.2, -0.15) is 0 Å². The average Bonchev–Trinajstić information content (AvgIpc) is 3.37. The van der Waals surface area contributed by atoms with Crippen LogP contribution in [0.25, 0.3) is 33.1 Å². The quantitative estimate of drug-likeness (QED) is 0.282. The Bertz CT molecular complexity index is 1790. The van der Waals surface area contributed by atoms with E-state index in [1.54, 1.807) is 0 Å². The maximum Gasteiger partial charge on any atom is 0.169 e. The van der Waals surface area contributed by atoms with Crippen molar-refractivity contribution in [2.75, 3.05) is 0 Å². The van der Waals surface area contributed by atoms with Gasteiger partial charge in [-0.3, -0.25) is 0 Å². The molecule has 1 aromatic heterocycles. The van der Waals surface area contributed by atoms with E-state index in [1.165, 1.54) is 0 Å². The first kappa shape index (κ1) is 21.3. The van der Waals surface area contributed by atoms with Gasteiger partial charge < -0.3 is 9.73 Å². The lowest BCUT2D eigenvalue weighted by Crippen LogP contribution is -2.36. The van der Waals surface area contributed by atoms with E-state index in [1.807, 2.05) is 54.6 Å². The number of fused-ring (bicyclic) bond motifs is 3. The number of nitrogens with zero attached hydrogens (tertiary/aromatic N) is 2. The Labute approximate surface area is 214 Å². The summed E-state index contributed by atoms with van der Waals surface area (Å²) in [4.78, 5) is 10.1. The minimum absolute atomic E-state index is 0.346. The van der Waals surface area contributed by atoms with Crippen molar-refractivity contribution in [1.82, 2.24) is 5.32 Å². The molecule has 0 bridgehead atoms. The van der Waals surface area contributed by atoms with Crippen molar-refractivity contribution in [2.24, 2.45) is 9.98 Å². The molecule has 0 saturated heterocycles. The molecule has 2 heterocycles. The Kier molecular flexibility index (Phi) is 5.14. The molecule has 7 rings (SSSR count). The fraction of sp³-hybridized carbons (Fsp3) is 0.0303. The molecule has 1 aliphatic rings. The predicted octanol–water partition coefficient (Wildman–Crippen LogP) is 7.75. The van der Waals surface area contributed by atoms with Gasteiger partial charge in [-0.25, -0.2) is 9.98 Å². The van der Waals surface area contributed by atoms with Gasteiger partial charge in [0.15, 0.2) is 6.17 Å². The zero-order valence-corrected chi connectivity index (χ0v) is 20.0. The van der Waals surface area contributed by atoms with Crippen molar-refractivity contribution in [3.8, 4) is 11.1 Å². The van der Waals surface area contributed by atoms with Crippen LogP contribution in [0.1, 0.15) is 22.9 Å². The molecule has 0 fully saturated rings. The molecule has 0 amide bonds. The maximum absolute atomic E-state index is 6.48. The molecule has 0 saturated carbocycles. The van der Waals surface area contributed by atoms with Crippen molar-refractivity contribution in [3.63, 3.8) is 0 Å². The summed E-state index contributed by atoms with van der Waals surface area (Å²) in [7, 11) is 0. The lowest BCUT2D eigenvalue weighted by atomic mass is 10.00. The van der Waals surface area contributed by atoms with Crippen molar-refractivity contribution in [1.29, 1.82) is 0 Å². The van der Waals surface area contributed by atoms with Crippen molar-refractivity contribution in [2.45, 2.75) is 6.17 Å². The summed E-state index contributed by atoms with van der Waals surface area (Å²) in [6, 6.07) is 43.3. The number of hydrogen-bond acceptors (Lipinski definition) is 4. The van der Waals surface area contributed by atoms with E-state index in [2.05, 4.69) is 78.1 Å². The van der Waals surface area contributed by atoms with Crippen LogP contribution >= 0.6 is 0 Å². The second-order valence-corrected chi connectivity index (χ2v) is 9.06. The van der Waals surface area contributed by atoms with Crippen LogP contribution in [-0.2, 0) is 0 Å². The van der Waals surface area contributed by atoms with E-state index in [0.29, 0.717) is 0 Å². The minimum Gasteiger partial charge on any atom is -0.455 e. The van der Waals surface area contributed by atoms with Crippen LogP contribution in [0.2, 0.25) is 0 Å². The summed E-state index contributed by atoms with van der Waals surface area (Å²) in [6.07, 6.45) is -0.346. The molecule has 1 atom stereocenters. The number of benzene rings is 5. The van der Waals surface area contributed by atoms with Gasteiger partial charge >= 0.3 is 0 Å². The fourth-order valence-corrected chi connectivity index (χ4v) is 4.99. The summed E-state index contributed by atoms with van der Waals surface area (Å²) >= 11 is 0. The average molecular weight is 478 g/mol. The first-order chi connectivity index (χ1) is 18.3. The Balaban J connectivity index is 1.42. The molecule has 5 aromatic carbocycles. The van der Waals surface area contributed by atoms with Crippen LogP contribution in [0, 0.1) is 0 Å². The Hall–Kier alpha value is -4.96. The number of para-hydroxylation sites is 1. The normalized spacial score (nSPS) is 15.3. The SMILES string of the molecule is c1ccc(C2=NC(c3ccccc3)N=C(c3cccc4oc5c(-c6ccccc6)cccc5c34)N2)cc1. The minimum atomic E-state index is -0.346. The van der Waals surface area contributed by atoms with Crippen molar-refractivity contribution >= 4 is 33.6 Å². The van der Waals surface area contributed by atoms with Crippen LogP contribution in [0.4, 0.5) is 0 Å². The van der Waals surface area contributed by atoms with Gasteiger partial charge in [0.25, 0.3) is 0 Å². The molecule has 1 aliphatic heterocycles. The van der Waals surface area contributed by atoms with Gasteiger partial charge in [0.05, 0.1) is 0 Å². The number of aliphatic imine (C=N–C) groups is 2. The van der Waals surface area contributed by atoms with Gasteiger partial charge in [-0.05, 0) is 17.2 Å². The van der Waals surface area contributed by atoms with Gasteiger partial charge in [0.1, 0.15) is 22.8 Å². The molecule has 1 N–H and O–H groups in total. The van der Waals surface area contributed by atoms with Crippen LogP contribution < -0.4 is 5.32 Å². The lowest BCUT2D eigenvalue weighted by molar-refractivity contribution is 0.670. The number of furan rings is 1. The monoisotopic (exact) mass is 477 g/mol. The molecular weight excluding hydrogens is 454 g/mol. The van der Waals surface area contributed by atoms with Crippen molar-refractivity contribution in [3.05, 3.63) is 144 Å². The van der Waals surface area contributed by atoms with Gasteiger partial charge in [-0.1, -0.05) is 121 Å². The van der Waals surface area contributed by atoms with Gasteiger partial charge in [0, 0.05) is 27.5 Å². The zero-order valence-electron chi connectivity index (χ0n) is 20.0. The Morgan fingerprint density at radius 3 is 1.92 bits per heavy atom. The molecule has 1 unspecified atom stereocenters. The molecule has 0 radical (unpaired) electrons. The molecule has 6 aromatic rings. The summed E-state index contributed by atoms with van der Waals surface area (Å²) in [5, 5.41) is 5.65. The van der Waals surface area contributed by atoms with Crippen LogP contribution in [-0.4, -0.2) is 11.7 Å². The summed E-state index contributed by atoms with van der Waals surface area (Å²) in [5.41, 5.74) is 6.98. The Morgan fingerprint density at radius 1 is 0.541 bits per heavy atom. The van der Waals surface area contributed by atoms with Crippen LogP contribution in [0.15, 0.2) is 142 Å². The Morgan fingerprint density at radius 2 is 1.16 bits per heavy atom. The highest BCUT2D eigenvalue weighted by Gasteiger charge is 2.23. The van der Waals surface area contributed by atoms with E-state index in [4.69, 9.17) is 14.4 Å². The molecule has 37 heavy (non-hydrogen) atoms. The number of rotatable bonds is 4. The second-order valence-electron chi connectivity index (χ2n) is 9.06. The molecule has 4 nitrogen and oxygen atoms in total. The zero-order chi connectivity index (χ0) is 24.6. The van der Waals surface area contributed by atoms with E-state index in [0.717, 1.165) is 61.4 Å². The van der Waals surface area contributed by atoms with E-state index >= 15 is 0 Å². The van der Waals surface area contributed by atoms with Crippen molar-refractivity contribution < 1.29 is 4.42 Å². The molecule has 4 heteroatoms. The highest BCUT2D eigenvalue weighted by Crippen LogP contribution is 2.38. The second kappa shape index (κ2) is 8.92. The van der Waals surface area contributed by atoms with E-state index in [9.17, 15) is 0 Å². The molecular formula is C33H23N3O. The maximum atomic E-state index is 6.48. The van der Waals surface area contributed by atoms with Gasteiger partial charge in [-0.15, -0.1) is 0 Å². The smallest absolute Gasteiger partial charge is 0.169 e. The fourth-order valence-electron chi connectivity index (χ4n) is 4.99. The highest BCUT2D eigenvalue weighted by atomic mass is 16.3. The largest absolute Gasteiger partial charge is 0.455 e. The third-order valence-electron chi connectivity index (χ3n) is 6.75. The topological polar surface area (TPSA) is 49.9 Å². The third-order valence-corrected chi connectivity index (χ3v) is 6.75. The first-order valence-electron chi connectivity index (χ1n) is 12.4. The summed E-state index contributed by atoms with van der Waals surface area (Å²) < 4.78 is 6.48. The van der Waals surface area contributed by atoms with Crippen LogP contribution in [0.5, 0.6) is 0 Å². The van der Waals surface area contributed by atoms with Crippen LogP contribution in [0.3, 0.4) is 0 Å².